The van der Waals surface area contributed by atoms with Crippen LogP contribution in [-0.4, -0.2) is 189 Å². The van der Waals surface area contributed by atoms with Crippen LogP contribution < -0.4 is 20.2 Å². The van der Waals surface area contributed by atoms with E-state index < -0.39 is 68.9 Å². The quantitative estimate of drug-likeness (QED) is 0.0214. The summed E-state index contributed by atoms with van der Waals surface area (Å²) in [5.74, 6) is 0.101. The lowest BCUT2D eigenvalue weighted by molar-refractivity contribution is -0.201. The minimum absolute atomic E-state index is 0.00987. The van der Waals surface area contributed by atoms with Gasteiger partial charge in [-0.15, -0.1) is 5.06 Å². The number of aromatic nitrogens is 6. The Morgan fingerprint density at radius 1 is 0.547 bits per heavy atom. The van der Waals surface area contributed by atoms with Crippen LogP contribution in [0.1, 0.15) is 186 Å². The number of aliphatic hydroxyl groups is 2. The predicted octanol–water partition coefficient (Wildman–Crippen LogP) is 6.22. The van der Waals surface area contributed by atoms with Gasteiger partial charge < -0.3 is 53.4 Å². The van der Waals surface area contributed by atoms with Crippen LogP contribution in [0.3, 0.4) is 0 Å². The van der Waals surface area contributed by atoms with E-state index in [0.29, 0.717) is 69.1 Å². The second-order valence-corrected chi connectivity index (χ2v) is 28.0. The van der Waals surface area contributed by atoms with Crippen molar-refractivity contribution in [1.29, 1.82) is 3.56 Å². The summed E-state index contributed by atoms with van der Waals surface area (Å²) in [6.45, 7) is 6.70. The Kier molecular flexibility index (Phi) is 24.4. The van der Waals surface area contributed by atoms with Crippen LogP contribution in [0.15, 0.2) is 37.2 Å². The Bertz CT molecular complexity index is 3190. The third-order valence-corrected chi connectivity index (χ3v) is 21.9. The number of anilines is 3. The number of alkyl halides is 1. The minimum Gasteiger partial charge on any atom is -0.462 e. The molecule has 516 valence electrons. The molecule has 4 saturated heterocycles. The highest BCUT2D eigenvalue weighted by molar-refractivity contribution is 14.1. The maximum Gasteiger partial charge on any atom is 0.534 e. The molecule has 5 N–H and O–H groups in total. The van der Waals surface area contributed by atoms with Gasteiger partial charge in [-0.2, -0.15) is 0 Å². The fourth-order valence-electron chi connectivity index (χ4n) is 14.7. The van der Waals surface area contributed by atoms with Gasteiger partial charge in [-0.1, -0.05) is 12.8 Å². The van der Waals surface area contributed by atoms with Gasteiger partial charge in [0.2, 0.25) is 23.9 Å². The summed E-state index contributed by atoms with van der Waals surface area (Å²) < 4.78 is 34.1. The third kappa shape index (κ3) is 17.6. The van der Waals surface area contributed by atoms with Crippen molar-refractivity contribution in [3.8, 4) is 0 Å². The number of ether oxygens (including phenoxy) is 5. The molecule has 7 saturated carbocycles. The van der Waals surface area contributed by atoms with Crippen LogP contribution in [0.2, 0.25) is 0 Å². The first-order valence-corrected chi connectivity index (χ1v) is 35.6. The number of halogens is 1. The molecule has 10 atom stereocenters. The zero-order valence-corrected chi connectivity index (χ0v) is 55.6. The number of piperidine rings is 3. The Labute approximate surface area is 559 Å². The Morgan fingerprint density at radius 2 is 0.958 bits per heavy atom. The van der Waals surface area contributed by atoms with E-state index in [1.807, 2.05) is 0 Å². The van der Waals surface area contributed by atoms with Crippen LogP contribution in [-0.2, 0) is 52.5 Å². The summed E-state index contributed by atoms with van der Waals surface area (Å²) in [6.07, 6.45) is 24.5. The van der Waals surface area contributed by atoms with Gasteiger partial charge in [0.25, 0.3) is 11.8 Å². The smallest absolute Gasteiger partial charge is 0.462 e. The first-order valence-electron chi connectivity index (χ1n) is 33.3. The molecule has 31 heteroatoms. The van der Waals surface area contributed by atoms with Crippen molar-refractivity contribution in [3.05, 3.63) is 53.9 Å². The Morgan fingerprint density at radius 3 is 1.31 bits per heavy atom. The lowest BCUT2D eigenvalue weighted by atomic mass is 9.95. The second kappa shape index (κ2) is 33.0. The molecule has 4 unspecified atom stereocenters. The molecule has 6 bridgehead atoms. The van der Waals surface area contributed by atoms with Crippen LogP contribution in [0.5, 0.6) is 0 Å². The van der Waals surface area contributed by atoms with E-state index in [4.69, 9.17) is 32.8 Å². The number of nitrogens with zero attached hydrogens (tertiary/aromatic N) is 10. The number of hydroxylamine groups is 3. The topological polar surface area (TPSA) is 396 Å². The van der Waals surface area contributed by atoms with Gasteiger partial charge in [-0.3, -0.25) is 37.5 Å². The Balaban J connectivity index is 0.000000135. The van der Waals surface area contributed by atoms with Gasteiger partial charge in [0.15, 0.2) is 17.8 Å². The standard InChI is InChI=1S/C19H25N3O4.C17H22N4O4.C13H17IN4O2.C10H11NO7.C5H10O/c1-2-25-17(23)13-9-20-19(21-10-13)22-11-12-7-14(22)8-16(12)18(24)26-15-5-3-4-6-15;22-15(20-24)11-7-18-17(19-8-11)21-9-10-5-12(21)6-14(10)16(23)25-13-3-1-2-4-13;1-2-20-12(19)9-5-16-13(17-6-9)18-7-8-3-10(18)4-11(8)14-15;12-5-1-2-6(13)9(5)17-10(16)18-11-7(14)3-4-8(11)15;6-5-3-1-2-4-5/h9-10,12,14-16H,2-8,11H2,1H3;7-8,10,12-14,24H,1-6,9H2,(H,20,22);5-6,8,10-11,15H,2-4,7H2,1H3;7,9,14H,1-4H2;5-6H,1-4H2/t12-,14-,16?;10-,12-,14?;8-,10-,11?;;/m000../s1. The van der Waals surface area contributed by atoms with E-state index in [2.05, 4.69) is 54.2 Å². The molecule has 2 amide bonds. The molecule has 7 aliphatic carbocycles. The summed E-state index contributed by atoms with van der Waals surface area (Å²) in [5, 5.41) is 27.1. The van der Waals surface area contributed by atoms with Crippen molar-refractivity contribution in [2.24, 2.45) is 29.6 Å². The number of rotatable bonds is 15. The summed E-state index contributed by atoms with van der Waals surface area (Å²) in [7, 11) is 0. The maximum absolute atomic E-state index is 12.5. The molecule has 30 nitrogen and oxygen atoms in total. The molecular formula is C64H85IN12O18. The number of hydrogen-bond donors (Lipinski definition) is 5. The number of esters is 4. The number of carbonyl (C=O) groups excluding carboxylic acids is 9. The van der Waals surface area contributed by atoms with E-state index in [1.165, 1.54) is 56.9 Å². The number of carbonyl (C=O) groups is 9. The van der Waals surface area contributed by atoms with Crippen molar-refractivity contribution in [2.45, 2.75) is 208 Å². The average molecular weight is 1440 g/mol. The van der Waals surface area contributed by atoms with Crippen molar-refractivity contribution in [3.63, 3.8) is 0 Å². The summed E-state index contributed by atoms with van der Waals surface area (Å²) in [5.41, 5.74) is 2.52. The Hall–Kier alpha value is -7.52. The number of Topliss-reactive ketones (excluding diaryl/α,β-unsaturated/α-hetero) is 2. The molecule has 0 aromatic carbocycles. The molecule has 0 spiro atoms. The van der Waals surface area contributed by atoms with Gasteiger partial charge in [-0.05, 0) is 155 Å². The van der Waals surface area contributed by atoms with Crippen molar-refractivity contribution >= 4 is 92.3 Å². The second-order valence-electron chi connectivity index (χ2n) is 25.8. The molecule has 3 aromatic rings. The van der Waals surface area contributed by atoms with E-state index in [0.717, 1.165) is 103 Å². The number of amides is 2. The monoisotopic (exact) mass is 1440 g/mol. The maximum atomic E-state index is 12.5. The largest absolute Gasteiger partial charge is 0.534 e. The molecule has 7 heterocycles. The summed E-state index contributed by atoms with van der Waals surface area (Å²) in [4.78, 5) is 141. The first kappa shape index (κ1) is 70.3. The zero-order valence-electron chi connectivity index (χ0n) is 53.5. The number of fused-ring (bicyclic) bond motifs is 6. The normalized spacial score (nSPS) is 27.2. The average Bonchev–Trinajstić information content (AvgIpc) is 1.64. The lowest BCUT2D eigenvalue weighted by Gasteiger charge is -2.31. The number of aliphatic hydroxyl groups excluding tert-OH is 2. The van der Waals surface area contributed by atoms with Gasteiger partial charge in [-0.25, -0.2) is 49.8 Å². The SMILES string of the molecule is CCOC(=O)c1cnc(N2C[C@@H]3C[C@H]2CC3C(=O)OC2CCCC2)nc1.CCOC(=O)c1cnc(N2C[C@@H]3C[C@H]2CC3I=N)nc1.O=C(NO)c1cnc(N2C[C@@H]3C[C@H]2CC3C(=O)OC2CCCC2)nc1.O=C(OC1C(=O)CCC1=O)ON1C(=O)CCC1O.OC1CCCC1. The highest BCUT2D eigenvalue weighted by atomic mass is 127. The van der Waals surface area contributed by atoms with Crippen LogP contribution in [0, 0.1) is 33.2 Å². The highest BCUT2D eigenvalue weighted by Gasteiger charge is 2.51. The van der Waals surface area contributed by atoms with Gasteiger partial charge in [0.05, 0.1) is 47.8 Å². The lowest BCUT2D eigenvalue weighted by Crippen LogP contribution is -2.40. The fraction of sp³-hybridized carbons (Fsp3) is 0.672. The molecule has 4 aliphatic heterocycles. The van der Waals surface area contributed by atoms with E-state index in [-0.39, 0.29) is 97.3 Å². The number of ketones is 2. The van der Waals surface area contributed by atoms with Crippen molar-refractivity contribution in [2.75, 3.05) is 47.5 Å². The molecule has 14 rings (SSSR count). The van der Waals surface area contributed by atoms with Crippen LogP contribution >= 0.6 is 21.0 Å². The van der Waals surface area contributed by atoms with Crippen LogP contribution in [0.25, 0.3) is 0 Å². The zero-order chi connectivity index (χ0) is 67.3. The van der Waals surface area contributed by atoms with Gasteiger partial charge >= 0.3 is 30.0 Å². The van der Waals surface area contributed by atoms with E-state index in [9.17, 15) is 48.3 Å². The van der Waals surface area contributed by atoms with E-state index in [1.54, 1.807) is 31.7 Å². The molecule has 11 aliphatic rings. The van der Waals surface area contributed by atoms with Crippen molar-refractivity contribution < 1.29 is 87.1 Å². The summed E-state index contributed by atoms with van der Waals surface area (Å²) in [6, 6.07) is 1.00. The fourth-order valence-corrected chi connectivity index (χ4v) is 16.5. The molecule has 95 heavy (non-hydrogen) atoms. The van der Waals surface area contributed by atoms with Crippen LogP contribution in [0.4, 0.5) is 22.6 Å². The van der Waals surface area contributed by atoms with Gasteiger partial charge in [0, 0.05) is 105 Å². The van der Waals surface area contributed by atoms with E-state index >= 15 is 0 Å². The minimum atomic E-state index is -1.45. The highest BCUT2D eigenvalue weighted by Crippen LogP contribution is 2.47. The third-order valence-electron chi connectivity index (χ3n) is 19.6. The number of hydrogen-bond acceptors (Lipinski definition) is 28. The molecular weight excluding hydrogens is 1350 g/mol. The first-order chi connectivity index (χ1) is 45.9. The predicted molar refractivity (Wildman–Crippen MR) is 340 cm³/mol. The molecule has 11 fully saturated rings. The van der Waals surface area contributed by atoms with Gasteiger partial charge in [0.1, 0.15) is 12.2 Å². The van der Waals surface area contributed by atoms with Crippen molar-refractivity contribution in [1.82, 2.24) is 40.4 Å². The molecule has 3 aromatic heterocycles. The number of nitrogens with one attached hydrogen (secondary N) is 2. The molecule has 0 radical (unpaired) electrons. The summed E-state index contributed by atoms with van der Waals surface area (Å²) >= 11 is -0.399.